The highest BCUT2D eigenvalue weighted by Crippen LogP contribution is 2.26. The fourth-order valence-electron chi connectivity index (χ4n) is 4.61. The first-order chi connectivity index (χ1) is 14.8. The predicted molar refractivity (Wildman–Crippen MR) is 120 cm³/mol. The van der Waals surface area contributed by atoms with Crippen LogP contribution in [0, 0.1) is 0 Å². The van der Waals surface area contributed by atoms with Crippen LogP contribution in [-0.2, 0) is 26.0 Å². The van der Waals surface area contributed by atoms with Gasteiger partial charge in [-0.2, -0.15) is 5.10 Å². The van der Waals surface area contributed by atoms with Crippen LogP contribution in [0.2, 0.25) is 0 Å². The van der Waals surface area contributed by atoms with E-state index in [1.54, 1.807) is 11.9 Å². The van der Waals surface area contributed by atoms with Crippen molar-refractivity contribution in [1.82, 2.24) is 9.91 Å². The van der Waals surface area contributed by atoms with E-state index in [-0.39, 0.29) is 36.2 Å². The van der Waals surface area contributed by atoms with Crippen LogP contribution in [0.3, 0.4) is 0 Å². The lowest BCUT2D eigenvalue weighted by molar-refractivity contribution is -0.134. The second-order valence-corrected chi connectivity index (χ2v) is 10.9. The Labute approximate surface area is 183 Å². The molecular formula is C22H30N4O4S. The van der Waals surface area contributed by atoms with Crippen LogP contribution in [0.25, 0.3) is 0 Å². The maximum atomic E-state index is 13.1. The van der Waals surface area contributed by atoms with Gasteiger partial charge in [0, 0.05) is 45.2 Å². The van der Waals surface area contributed by atoms with Crippen molar-refractivity contribution in [3.63, 3.8) is 0 Å². The van der Waals surface area contributed by atoms with E-state index in [4.69, 9.17) is 0 Å². The highest BCUT2D eigenvalue weighted by Gasteiger charge is 2.37. The molecule has 168 valence electrons. The van der Waals surface area contributed by atoms with E-state index >= 15 is 0 Å². The third-order valence-corrected chi connectivity index (χ3v) is 8.05. The SMILES string of the molecule is CN(Cc1ccccc1N1CCCCC1)C(=O)C1=NN(C2CCS(=O)(=O)C2)C(=O)CC1. The first kappa shape index (κ1) is 21.8. The second kappa shape index (κ2) is 8.98. The van der Waals surface area contributed by atoms with E-state index in [1.165, 1.54) is 30.0 Å². The molecule has 0 bridgehead atoms. The van der Waals surface area contributed by atoms with Gasteiger partial charge in [-0.15, -0.1) is 0 Å². The second-order valence-electron chi connectivity index (χ2n) is 8.68. The molecule has 1 unspecified atom stereocenters. The minimum Gasteiger partial charge on any atom is -0.371 e. The molecule has 0 saturated carbocycles. The van der Waals surface area contributed by atoms with Crippen LogP contribution >= 0.6 is 0 Å². The van der Waals surface area contributed by atoms with Gasteiger partial charge >= 0.3 is 0 Å². The maximum Gasteiger partial charge on any atom is 0.270 e. The molecule has 3 heterocycles. The summed E-state index contributed by atoms with van der Waals surface area (Å²) < 4.78 is 23.6. The van der Waals surface area contributed by atoms with E-state index in [9.17, 15) is 18.0 Å². The number of rotatable bonds is 5. The molecule has 31 heavy (non-hydrogen) atoms. The van der Waals surface area contributed by atoms with Gasteiger partial charge < -0.3 is 9.80 Å². The number of amides is 2. The number of hydrogen-bond donors (Lipinski definition) is 0. The molecule has 3 aliphatic rings. The van der Waals surface area contributed by atoms with Crippen molar-refractivity contribution in [2.24, 2.45) is 5.10 Å². The molecule has 4 rings (SSSR count). The number of sulfone groups is 1. The fraction of sp³-hybridized carbons (Fsp3) is 0.591. The molecule has 0 spiro atoms. The van der Waals surface area contributed by atoms with Crippen molar-refractivity contribution in [3.8, 4) is 0 Å². The summed E-state index contributed by atoms with van der Waals surface area (Å²) >= 11 is 0. The first-order valence-electron chi connectivity index (χ1n) is 11.0. The average Bonchev–Trinajstić information content (AvgIpc) is 3.14. The van der Waals surface area contributed by atoms with Gasteiger partial charge in [0.05, 0.1) is 17.5 Å². The number of piperidine rings is 1. The maximum absolute atomic E-state index is 13.1. The molecule has 8 nitrogen and oxygen atoms in total. The molecule has 2 saturated heterocycles. The summed E-state index contributed by atoms with van der Waals surface area (Å²) in [6, 6.07) is 7.71. The zero-order valence-electron chi connectivity index (χ0n) is 18.0. The van der Waals surface area contributed by atoms with Gasteiger partial charge in [0.2, 0.25) is 5.91 Å². The number of para-hydroxylation sites is 1. The lowest BCUT2D eigenvalue weighted by atomic mass is 10.1. The van der Waals surface area contributed by atoms with Gasteiger partial charge in [0.25, 0.3) is 5.91 Å². The largest absolute Gasteiger partial charge is 0.371 e. The quantitative estimate of drug-likeness (QED) is 0.688. The van der Waals surface area contributed by atoms with Crippen LogP contribution in [0.15, 0.2) is 29.4 Å². The molecular weight excluding hydrogens is 416 g/mol. The number of benzene rings is 1. The minimum absolute atomic E-state index is 0.0629. The molecule has 2 amide bonds. The van der Waals surface area contributed by atoms with E-state index in [2.05, 4.69) is 22.1 Å². The number of carbonyl (C=O) groups excluding carboxylic acids is 2. The molecule has 0 aliphatic carbocycles. The van der Waals surface area contributed by atoms with Crippen molar-refractivity contribution in [2.45, 2.75) is 51.1 Å². The van der Waals surface area contributed by atoms with Crippen LogP contribution in [-0.4, -0.2) is 73.5 Å². The topological polar surface area (TPSA) is 90.4 Å². The molecule has 1 aromatic rings. The summed E-state index contributed by atoms with van der Waals surface area (Å²) in [4.78, 5) is 29.5. The Hall–Kier alpha value is -2.42. The summed E-state index contributed by atoms with van der Waals surface area (Å²) in [5.41, 5.74) is 2.58. The zero-order valence-corrected chi connectivity index (χ0v) is 18.8. The smallest absolute Gasteiger partial charge is 0.270 e. The summed E-state index contributed by atoms with van der Waals surface area (Å²) in [6.45, 7) is 2.52. The van der Waals surface area contributed by atoms with Crippen molar-refractivity contribution in [3.05, 3.63) is 29.8 Å². The Morgan fingerprint density at radius 1 is 1.16 bits per heavy atom. The van der Waals surface area contributed by atoms with Gasteiger partial charge in [-0.05, 0) is 37.3 Å². The lowest BCUT2D eigenvalue weighted by Gasteiger charge is -2.32. The third kappa shape index (κ3) is 4.92. The predicted octanol–water partition coefficient (Wildman–Crippen LogP) is 1.80. The standard InChI is InChI=1S/C22H30N4O4S/c1-24(15-17-7-3-4-8-20(17)25-12-5-2-6-13-25)22(28)19-9-10-21(27)26(23-19)18-11-14-31(29,30)16-18/h3-4,7-8,18H,2,5-6,9-16H2,1H3. The Kier molecular flexibility index (Phi) is 6.31. The normalized spacial score (nSPS) is 23.6. The number of nitrogens with zero attached hydrogens (tertiary/aromatic N) is 4. The minimum atomic E-state index is -3.14. The average molecular weight is 447 g/mol. The van der Waals surface area contributed by atoms with Crippen molar-refractivity contribution in [1.29, 1.82) is 0 Å². The zero-order chi connectivity index (χ0) is 22.0. The Bertz CT molecular complexity index is 985. The van der Waals surface area contributed by atoms with Gasteiger partial charge in [0.15, 0.2) is 9.84 Å². The Balaban J connectivity index is 1.48. The molecule has 0 aromatic heterocycles. The van der Waals surface area contributed by atoms with E-state index < -0.39 is 15.9 Å². The monoisotopic (exact) mass is 446 g/mol. The molecule has 9 heteroatoms. The highest BCUT2D eigenvalue weighted by molar-refractivity contribution is 7.91. The fourth-order valence-corrected chi connectivity index (χ4v) is 6.31. The number of anilines is 1. The van der Waals surface area contributed by atoms with Crippen molar-refractivity contribution < 1.29 is 18.0 Å². The summed E-state index contributed by atoms with van der Waals surface area (Å²) in [5.74, 6) is -0.445. The van der Waals surface area contributed by atoms with Gasteiger partial charge in [-0.3, -0.25) is 9.59 Å². The van der Waals surface area contributed by atoms with E-state index in [1.807, 2.05) is 12.1 Å². The van der Waals surface area contributed by atoms with Gasteiger partial charge in [0.1, 0.15) is 5.71 Å². The van der Waals surface area contributed by atoms with Crippen LogP contribution < -0.4 is 4.90 Å². The van der Waals surface area contributed by atoms with Crippen LogP contribution in [0.1, 0.15) is 44.1 Å². The lowest BCUT2D eigenvalue weighted by Crippen LogP contribution is -2.44. The number of carbonyl (C=O) groups is 2. The molecule has 1 atom stereocenters. The molecule has 0 radical (unpaired) electrons. The Morgan fingerprint density at radius 2 is 1.90 bits per heavy atom. The number of hydrogen-bond acceptors (Lipinski definition) is 6. The Morgan fingerprint density at radius 3 is 2.61 bits per heavy atom. The molecule has 3 aliphatic heterocycles. The van der Waals surface area contributed by atoms with E-state index in [0.717, 1.165) is 18.7 Å². The third-order valence-electron chi connectivity index (χ3n) is 6.30. The van der Waals surface area contributed by atoms with Crippen molar-refractivity contribution >= 4 is 33.1 Å². The number of hydrazone groups is 1. The summed E-state index contributed by atoms with van der Waals surface area (Å²) in [7, 11) is -1.39. The molecule has 2 fully saturated rings. The van der Waals surface area contributed by atoms with Crippen LogP contribution in [0.4, 0.5) is 5.69 Å². The van der Waals surface area contributed by atoms with Crippen LogP contribution in [0.5, 0.6) is 0 Å². The first-order valence-corrected chi connectivity index (χ1v) is 12.8. The van der Waals surface area contributed by atoms with E-state index in [0.29, 0.717) is 18.7 Å². The molecule has 1 aromatic carbocycles. The highest BCUT2D eigenvalue weighted by atomic mass is 32.2. The molecule has 0 N–H and O–H groups in total. The summed E-state index contributed by atoms with van der Waals surface area (Å²) in [6.07, 6.45) is 4.46. The van der Waals surface area contributed by atoms with Gasteiger partial charge in [-0.1, -0.05) is 18.2 Å². The van der Waals surface area contributed by atoms with Crippen molar-refractivity contribution in [2.75, 3.05) is 36.5 Å². The summed E-state index contributed by atoms with van der Waals surface area (Å²) in [5, 5.41) is 5.57. The van der Waals surface area contributed by atoms with Gasteiger partial charge in [-0.25, -0.2) is 13.4 Å².